The highest BCUT2D eigenvalue weighted by atomic mass is 32.2. The standard InChI is InChI=1S/C24H32N2O5S/c1-17(2)20-10-6-7-11-22(20)31-18(3)24(27)25-21-16-19(12-13-23(21)30-4)32(28,29)26-14-8-5-9-15-26/h6-7,10-13,16-18H,5,8-9,14-15H2,1-4H3,(H,25,27). The normalized spacial score (nSPS) is 15.9. The van der Waals surface area contributed by atoms with E-state index in [0.717, 1.165) is 24.8 Å². The van der Waals surface area contributed by atoms with E-state index in [-0.39, 0.29) is 10.8 Å². The van der Waals surface area contributed by atoms with E-state index >= 15 is 0 Å². The molecule has 3 rings (SSSR count). The van der Waals surface area contributed by atoms with Crippen molar-refractivity contribution in [3.8, 4) is 11.5 Å². The maximum atomic E-state index is 13.0. The topological polar surface area (TPSA) is 84.9 Å². The lowest BCUT2D eigenvalue weighted by Gasteiger charge is -2.26. The smallest absolute Gasteiger partial charge is 0.265 e. The highest BCUT2D eigenvalue weighted by molar-refractivity contribution is 7.89. The molecule has 2 aromatic carbocycles. The third-order valence-electron chi connectivity index (χ3n) is 5.60. The average Bonchev–Trinajstić information content (AvgIpc) is 2.79. The van der Waals surface area contributed by atoms with Crippen molar-refractivity contribution >= 4 is 21.6 Å². The fourth-order valence-corrected chi connectivity index (χ4v) is 5.29. The number of nitrogens with one attached hydrogen (secondary N) is 1. The van der Waals surface area contributed by atoms with Crippen LogP contribution in [0.2, 0.25) is 0 Å². The molecule has 0 spiro atoms. The second-order valence-corrected chi connectivity index (χ2v) is 10.2. The van der Waals surface area contributed by atoms with E-state index in [1.165, 1.54) is 23.5 Å². The van der Waals surface area contributed by atoms with E-state index in [4.69, 9.17) is 9.47 Å². The Morgan fingerprint density at radius 2 is 1.69 bits per heavy atom. The average molecular weight is 461 g/mol. The van der Waals surface area contributed by atoms with Gasteiger partial charge in [0.05, 0.1) is 17.7 Å². The van der Waals surface area contributed by atoms with Crippen molar-refractivity contribution < 1.29 is 22.7 Å². The van der Waals surface area contributed by atoms with Crippen LogP contribution in [0.4, 0.5) is 5.69 Å². The van der Waals surface area contributed by atoms with Crippen LogP contribution in [0.15, 0.2) is 47.4 Å². The van der Waals surface area contributed by atoms with Crippen LogP contribution in [-0.4, -0.2) is 44.9 Å². The van der Waals surface area contributed by atoms with Gasteiger partial charge in [0, 0.05) is 13.1 Å². The molecule has 0 bridgehead atoms. The van der Waals surface area contributed by atoms with Gasteiger partial charge < -0.3 is 14.8 Å². The Kier molecular flexibility index (Phi) is 7.79. The predicted octanol–water partition coefficient (Wildman–Crippen LogP) is 4.40. The molecule has 174 valence electrons. The molecule has 1 unspecified atom stereocenters. The minimum atomic E-state index is -3.63. The van der Waals surface area contributed by atoms with Gasteiger partial charge in [-0.05, 0) is 55.5 Å². The molecule has 1 amide bonds. The lowest BCUT2D eigenvalue weighted by Crippen LogP contribution is -2.35. The van der Waals surface area contributed by atoms with Crippen LogP contribution >= 0.6 is 0 Å². The number of carbonyl (C=O) groups excluding carboxylic acids is 1. The molecule has 1 atom stereocenters. The number of rotatable bonds is 8. The zero-order valence-corrected chi connectivity index (χ0v) is 19.9. The molecule has 1 fully saturated rings. The third-order valence-corrected chi connectivity index (χ3v) is 7.49. The van der Waals surface area contributed by atoms with Gasteiger partial charge in [-0.15, -0.1) is 0 Å². The number of amides is 1. The van der Waals surface area contributed by atoms with E-state index in [1.807, 2.05) is 24.3 Å². The summed E-state index contributed by atoms with van der Waals surface area (Å²) in [7, 11) is -2.16. The van der Waals surface area contributed by atoms with Crippen molar-refractivity contribution in [2.24, 2.45) is 0 Å². The molecule has 1 heterocycles. The molecule has 0 aromatic heterocycles. The summed E-state index contributed by atoms with van der Waals surface area (Å²) in [6.07, 6.45) is 1.95. The van der Waals surface area contributed by atoms with Gasteiger partial charge in [0.2, 0.25) is 10.0 Å². The quantitative estimate of drug-likeness (QED) is 0.631. The first-order valence-electron chi connectivity index (χ1n) is 11.0. The third kappa shape index (κ3) is 5.42. The summed E-state index contributed by atoms with van der Waals surface area (Å²) in [5, 5.41) is 2.77. The molecule has 8 heteroatoms. The van der Waals surface area contributed by atoms with Gasteiger partial charge in [-0.3, -0.25) is 4.79 Å². The van der Waals surface area contributed by atoms with Crippen molar-refractivity contribution in [3.05, 3.63) is 48.0 Å². The van der Waals surface area contributed by atoms with Gasteiger partial charge in [-0.25, -0.2) is 8.42 Å². The van der Waals surface area contributed by atoms with Crippen LogP contribution in [0.3, 0.4) is 0 Å². The second-order valence-electron chi connectivity index (χ2n) is 8.27. The summed E-state index contributed by atoms with van der Waals surface area (Å²) in [4.78, 5) is 13.0. The molecule has 0 radical (unpaired) electrons. The van der Waals surface area contributed by atoms with Gasteiger partial charge in [0.25, 0.3) is 5.91 Å². The summed E-state index contributed by atoms with van der Waals surface area (Å²) in [6.45, 7) is 6.80. The number of nitrogens with zero attached hydrogens (tertiary/aromatic N) is 1. The van der Waals surface area contributed by atoms with Crippen molar-refractivity contribution in [2.45, 2.75) is 57.0 Å². The molecule has 1 aliphatic heterocycles. The number of benzene rings is 2. The zero-order valence-electron chi connectivity index (χ0n) is 19.1. The number of methoxy groups -OCH3 is 1. The molecule has 0 saturated carbocycles. The number of hydrogen-bond acceptors (Lipinski definition) is 5. The van der Waals surface area contributed by atoms with Crippen molar-refractivity contribution in [2.75, 3.05) is 25.5 Å². The van der Waals surface area contributed by atoms with E-state index in [9.17, 15) is 13.2 Å². The largest absolute Gasteiger partial charge is 0.495 e. The Morgan fingerprint density at radius 3 is 2.34 bits per heavy atom. The molecule has 32 heavy (non-hydrogen) atoms. The van der Waals surface area contributed by atoms with Gasteiger partial charge in [-0.2, -0.15) is 4.31 Å². The number of piperidine rings is 1. The summed E-state index contributed by atoms with van der Waals surface area (Å²) >= 11 is 0. The minimum absolute atomic E-state index is 0.134. The molecule has 1 aliphatic rings. The first kappa shape index (κ1) is 24.1. The number of para-hydroxylation sites is 1. The number of hydrogen-bond donors (Lipinski definition) is 1. The molecule has 1 saturated heterocycles. The van der Waals surface area contributed by atoms with E-state index < -0.39 is 22.0 Å². The van der Waals surface area contributed by atoms with Crippen LogP contribution in [0.1, 0.15) is 51.5 Å². The number of sulfonamides is 1. The van der Waals surface area contributed by atoms with Gasteiger partial charge >= 0.3 is 0 Å². The molecule has 0 aliphatic carbocycles. The van der Waals surface area contributed by atoms with E-state index in [2.05, 4.69) is 19.2 Å². The van der Waals surface area contributed by atoms with Gasteiger partial charge in [-0.1, -0.05) is 38.5 Å². The lowest BCUT2D eigenvalue weighted by molar-refractivity contribution is -0.122. The number of ether oxygens (including phenoxy) is 2. The maximum absolute atomic E-state index is 13.0. The minimum Gasteiger partial charge on any atom is -0.495 e. The van der Waals surface area contributed by atoms with Gasteiger partial charge in [0.15, 0.2) is 6.10 Å². The molecule has 1 N–H and O–H groups in total. The number of anilines is 1. The summed E-state index contributed by atoms with van der Waals surface area (Å²) in [6, 6.07) is 12.1. The first-order valence-corrected chi connectivity index (χ1v) is 12.4. The Labute approximate surface area is 190 Å². The summed E-state index contributed by atoms with van der Waals surface area (Å²) < 4.78 is 38.9. The Balaban J connectivity index is 1.80. The van der Waals surface area contributed by atoms with Crippen LogP contribution in [0, 0.1) is 0 Å². The Bertz CT molecular complexity index is 1050. The number of carbonyl (C=O) groups is 1. The fraction of sp³-hybridized carbons (Fsp3) is 0.458. The van der Waals surface area contributed by atoms with Crippen molar-refractivity contribution in [3.63, 3.8) is 0 Å². The van der Waals surface area contributed by atoms with E-state index in [0.29, 0.717) is 30.3 Å². The molecular weight excluding hydrogens is 428 g/mol. The van der Waals surface area contributed by atoms with Crippen molar-refractivity contribution in [1.29, 1.82) is 0 Å². The highest BCUT2D eigenvalue weighted by Gasteiger charge is 2.27. The molecule has 2 aromatic rings. The molecular formula is C24H32N2O5S. The highest BCUT2D eigenvalue weighted by Crippen LogP contribution is 2.31. The SMILES string of the molecule is COc1ccc(S(=O)(=O)N2CCCCC2)cc1NC(=O)C(C)Oc1ccccc1C(C)C. The second kappa shape index (κ2) is 10.4. The summed E-state index contributed by atoms with van der Waals surface area (Å²) in [5.74, 6) is 0.886. The van der Waals surface area contributed by atoms with Gasteiger partial charge in [0.1, 0.15) is 11.5 Å². The zero-order chi connectivity index (χ0) is 23.3. The predicted molar refractivity (Wildman–Crippen MR) is 125 cm³/mol. The molecule has 7 nitrogen and oxygen atoms in total. The fourth-order valence-electron chi connectivity index (χ4n) is 3.74. The van der Waals surface area contributed by atoms with Crippen LogP contribution in [-0.2, 0) is 14.8 Å². The Hall–Kier alpha value is -2.58. The van der Waals surface area contributed by atoms with Crippen LogP contribution in [0.25, 0.3) is 0 Å². The summed E-state index contributed by atoms with van der Waals surface area (Å²) in [5.41, 5.74) is 1.31. The monoisotopic (exact) mass is 460 g/mol. The van der Waals surface area contributed by atoms with Crippen LogP contribution < -0.4 is 14.8 Å². The first-order chi connectivity index (χ1) is 15.2. The van der Waals surface area contributed by atoms with Crippen molar-refractivity contribution in [1.82, 2.24) is 4.31 Å². The van der Waals surface area contributed by atoms with E-state index in [1.54, 1.807) is 13.0 Å². The Morgan fingerprint density at radius 1 is 1.00 bits per heavy atom. The lowest BCUT2D eigenvalue weighted by atomic mass is 10.0. The van der Waals surface area contributed by atoms with Crippen LogP contribution in [0.5, 0.6) is 11.5 Å². The maximum Gasteiger partial charge on any atom is 0.265 e.